The van der Waals surface area contributed by atoms with Crippen molar-refractivity contribution >= 4 is 23.2 Å². The highest BCUT2D eigenvalue weighted by Crippen LogP contribution is 2.34. The second-order valence-corrected chi connectivity index (χ2v) is 6.55. The van der Waals surface area contributed by atoms with Crippen LogP contribution in [0, 0.1) is 0 Å². The van der Waals surface area contributed by atoms with E-state index in [0.717, 1.165) is 17.7 Å². The third kappa shape index (κ3) is 2.77. The summed E-state index contributed by atoms with van der Waals surface area (Å²) in [6, 6.07) is 14.0. The number of hydrogen-bond donors (Lipinski definition) is 1. The van der Waals surface area contributed by atoms with Gasteiger partial charge in [0, 0.05) is 23.5 Å². The smallest absolute Gasteiger partial charge is 0.293 e. The summed E-state index contributed by atoms with van der Waals surface area (Å²) >= 11 is 0. The second-order valence-electron chi connectivity index (χ2n) is 6.55. The number of nitrogens with one attached hydrogen (secondary N) is 1. The molecule has 0 bridgehead atoms. The number of benzene rings is 2. The quantitative estimate of drug-likeness (QED) is 0.757. The van der Waals surface area contributed by atoms with Gasteiger partial charge in [-0.3, -0.25) is 9.59 Å². The highest BCUT2D eigenvalue weighted by Gasteiger charge is 2.27. The lowest BCUT2D eigenvalue weighted by Gasteiger charge is -2.17. The lowest BCUT2D eigenvalue weighted by molar-refractivity contribution is 0.0962. The van der Waals surface area contributed by atoms with E-state index < -0.39 is 0 Å². The molecule has 7 nitrogen and oxygen atoms in total. The molecule has 0 atom stereocenters. The van der Waals surface area contributed by atoms with Gasteiger partial charge in [0.05, 0.1) is 6.26 Å². The van der Waals surface area contributed by atoms with Crippen molar-refractivity contribution in [3.05, 3.63) is 71.7 Å². The maximum absolute atomic E-state index is 12.7. The molecule has 2 amide bonds. The van der Waals surface area contributed by atoms with E-state index in [-0.39, 0.29) is 18.6 Å². The Morgan fingerprint density at radius 3 is 2.75 bits per heavy atom. The molecule has 3 aromatic rings. The van der Waals surface area contributed by atoms with Crippen LogP contribution in [-0.4, -0.2) is 25.2 Å². The summed E-state index contributed by atoms with van der Waals surface area (Å²) in [5, 5.41) is 2.88. The van der Waals surface area contributed by atoms with Crippen LogP contribution >= 0.6 is 0 Å². The third-order valence-electron chi connectivity index (χ3n) is 4.85. The van der Waals surface area contributed by atoms with E-state index in [9.17, 15) is 9.59 Å². The number of ether oxygens (including phenoxy) is 2. The van der Waals surface area contributed by atoms with Crippen molar-refractivity contribution in [3.8, 4) is 11.5 Å². The zero-order valence-electron chi connectivity index (χ0n) is 14.8. The molecule has 1 aromatic heterocycles. The van der Waals surface area contributed by atoms with Gasteiger partial charge in [-0.05, 0) is 54.4 Å². The van der Waals surface area contributed by atoms with E-state index in [1.807, 2.05) is 18.2 Å². The Morgan fingerprint density at radius 2 is 1.89 bits per heavy atom. The van der Waals surface area contributed by atoms with Crippen LogP contribution in [0.2, 0.25) is 0 Å². The number of fused-ring (bicyclic) bond motifs is 2. The second kappa shape index (κ2) is 6.45. The molecule has 0 spiro atoms. The summed E-state index contributed by atoms with van der Waals surface area (Å²) < 4.78 is 15.8. The van der Waals surface area contributed by atoms with Gasteiger partial charge in [0.15, 0.2) is 17.3 Å². The van der Waals surface area contributed by atoms with Crippen LogP contribution in [0.3, 0.4) is 0 Å². The molecule has 5 rings (SSSR count). The molecule has 0 radical (unpaired) electrons. The van der Waals surface area contributed by atoms with Crippen LogP contribution in [-0.2, 0) is 6.42 Å². The summed E-state index contributed by atoms with van der Waals surface area (Å²) in [4.78, 5) is 26.9. The topological polar surface area (TPSA) is 81.0 Å². The summed E-state index contributed by atoms with van der Waals surface area (Å²) in [5.41, 5.74) is 2.92. The minimum Gasteiger partial charge on any atom is -0.459 e. The van der Waals surface area contributed by atoms with Crippen molar-refractivity contribution in [1.82, 2.24) is 0 Å². The van der Waals surface area contributed by atoms with Gasteiger partial charge < -0.3 is 24.1 Å². The number of amides is 2. The largest absolute Gasteiger partial charge is 0.459 e. The fourth-order valence-corrected chi connectivity index (χ4v) is 3.44. The normalized spacial score (nSPS) is 14.1. The molecule has 3 heterocycles. The first-order valence-electron chi connectivity index (χ1n) is 8.88. The number of nitrogens with zero attached hydrogens (tertiary/aromatic N) is 1. The van der Waals surface area contributed by atoms with Crippen LogP contribution < -0.4 is 19.7 Å². The SMILES string of the molecule is O=C(Nc1ccc2c(c1)N(C(=O)c1ccco1)CC2)c1ccc2c(c1)OCO2. The van der Waals surface area contributed by atoms with Gasteiger partial charge >= 0.3 is 0 Å². The third-order valence-corrected chi connectivity index (χ3v) is 4.85. The fraction of sp³-hybridized carbons (Fsp3) is 0.143. The zero-order chi connectivity index (χ0) is 19.1. The Bertz CT molecular complexity index is 1070. The molecular formula is C21H16N2O5. The molecule has 0 fully saturated rings. The molecule has 0 saturated carbocycles. The Labute approximate surface area is 160 Å². The van der Waals surface area contributed by atoms with E-state index >= 15 is 0 Å². The number of furan rings is 1. The standard InChI is InChI=1S/C21H16N2O5/c24-20(14-4-6-17-19(10-14)28-12-27-17)22-15-5-3-13-7-8-23(16(13)11-15)21(25)18-2-1-9-26-18/h1-6,9-11H,7-8,12H2,(H,22,24). The number of rotatable bonds is 3. The van der Waals surface area contributed by atoms with Gasteiger partial charge in [0.2, 0.25) is 6.79 Å². The monoisotopic (exact) mass is 376 g/mol. The van der Waals surface area contributed by atoms with Gasteiger partial charge in [-0.15, -0.1) is 0 Å². The number of carbonyl (C=O) groups is 2. The van der Waals surface area contributed by atoms with Crippen molar-refractivity contribution < 1.29 is 23.5 Å². The summed E-state index contributed by atoms with van der Waals surface area (Å²) in [6.45, 7) is 0.735. The van der Waals surface area contributed by atoms with Crippen LogP contribution in [0.25, 0.3) is 0 Å². The lowest BCUT2D eigenvalue weighted by atomic mass is 10.1. The number of anilines is 2. The first-order chi connectivity index (χ1) is 13.7. The van der Waals surface area contributed by atoms with E-state index in [1.165, 1.54) is 6.26 Å². The molecule has 2 aromatic carbocycles. The first kappa shape index (κ1) is 16.4. The van der Waals surface area contributed by atoms with Crippen molar-refractivity contribution in [2.24, 2.45) is 0 Å². The van der Waals surface area contributed by atoms with Crippen molar-refractivity contribution in [3.63, 3.8) is 0 Å². The van der Waals surface area contributed by atoms with Crippen LogP contribution in [0.5, 0.6) is 11.5 Å². The highest BCUT2D eigenvalue weighted by atomic mass is 16.7. The minimum absolute atomic E-state index is 0.157. The van der Waals surface area contributed by atoms with Gasteiger partial charge in [-0.2, -0.15) is 0 Å². The van der Waals surface area contributed by atoms with E-state index in [1.54, 1.807) is 35.2 Å². The summed E-state index contributed by atoms with van der Waals surface area (Å²) in [5.74, 6) is 1.02. The molecule has 1 N–H and O–H groups in total. The minimum atomic E-state index is -0.264. The molecule has 2 aliphatic rings. The Balaban J connectivity index is 1.38. The Morgan fingerprint density at radius 1 is 1.00 bits per heavy atom. The lowest BCUT2D eigenvalue weighted by Crippen LogP contribution is -2.28. The predicted octanol–water partition coefficient (Wildman–Crippen LogP) is 3.46. The molecular weight excluding hydrogens is 360 g/mol. The summed E-state index contributed by atoms with van der Waals surface area (Å²) in [7, 11) is 0. The maximum Gasteiger partial charge on any atom is 0.293 e. The summed E-state index contributed by atoms with van der Waals surface area (Å²) in [6.07, 6.45) is 2.24. The van der Waals surface area contributed by atoms with Crippen LogP contribution in [0.1, 0.15) is 26.5 Å². The van der Waals surface area contributed by atoms with Crippen LogP contribution in [0.15, 0.2) is 59.2 Å². The van der Waals surface area contributed by atoms with Gasteiger partial charge in [-0.25, -0.2) is 0 Å². The highest BCUT2D eigenvalue weighted by molar-refractivity contribution is 6.07. The maximum atomic E-state index is 12.7. The Kier molecular flexibility index (Phi) is 3.79. The molecule has 140 valence electrons. The van der Waals surface area contributed by atoms with E-state index in [4.69, 9.17) is 13.9 Å². The molecule has 0 aliphatic carbocycles. The Hall–Kier alpha value is -3.74. The molecule has 0 unspecified atom stereocenters. The fourth-order valence-electron chi connectivity index (χ4n) is 3.44. The van der Waals surface area contributed by atoms with Gasteiger partial charge in [0.1, 0.15) is 0 Å². The van der Waals surface area contributed by atoms with Crippen molar-refractivity contribution in [1.29, 1.82) is 0 Å². The zero-order valence-corrected chi connectivity index (χ0v) is 14.8. The molecule has 0 saturated heterocycles. The molecule has 28 heavy (non-hydrogen) atoms. The number of hydrogen-bond acceptors (Lipinski definition) is 5. The number of carbonyl (C=O) groups excluding carboxylic acids is 2. The van der Waals surface area contributed by atoms with Crippen LogP contribution in [0.4, 0.5) is 11.4 Å². The first-order valence-corrected chi connectivity index (χ1v) is 8.88. The predicted molar refractivity (Wildman–Crippen MR) is 101 cm³/mol. The average molecular weight is 376 g/mol. The van der Waals surface area contributed by atoms with E-state index in [0.29, 0.717) is 35.1 Å². The van der Waals surface area contributed by atoms with Gasteiger partial charge in [-0.1, -0.05) is 6.07 Å². The van der Waals surface area contributed by atoms with Gasteiger partial charge in [0.25, 0.3) is 11.8 Å². The molecule has 2 aliphatic heterocycles. The van der Waals surface area contributed by atoms with E-state index in [2.05, 4.69) is 5.32 Å². The average Bonchev–Trinajstić information content (AvgIpc) is 3.46. The van der Waals surface area contributed by atoms with Crippen molar-refractivity contribution in [2.45, 2.75) is 6.42 Å². The molecule has 7 heteroatoms. The van der Waals surface area contributed by atoms with Crippen molar-refractivity contribution in [2.75, 3.05) is 23.6 Å².